The molecule has 0 aliphatic heterocycles. The second-order valence-electron chi connectivity index (χ2n) is 2.01. The van der Waals surface area contributed by atoms with Crippen molar-refractivity contribution < 1.29 is 1.37 Å². The first-order valence-electron chi connectivity index (χ1n) is 3.52. The van der Waals surface area contributed by atoms with Crippen LogP contribution in [0.25, 0.3) is 10.9 Å². The van der Waals surface area contributed by atoms with Crippen molar-refractivity contribution in [3.8, 4) is 0 Å². The first-order valence-corrected chi connectivity index (χ1v) is 3.02. The van der Waals surface area contributed by atoms with Crippen LogP contribution in [0.15, 0.2) is 36.8 Å². The maximum atomic E-state index is 7.32. The molecule has 0 radical (unpaired) electrons. The summed E-state index contributed by atoms with van der Waals surface area (Å²) in [4.78, 5) is 7.89. The van der Waals surface area contributed by atoms with Gasteiger partial charge in [-0.25, -0.2) is 9.97 Å². The minimum absolute atomic E-state index is 0.493. The number of hydrogen-bond acceptors (Lipinski definition) is 2. The zero-order valence-corrected chi connectivity index (χ0v) is 5.28. The second-order valence-corrected chi connectivity index (χ2v) is 2.01. The van der Waals surface area contributed by atoms with E-state index in [1.165, 1.54) is 6.33 Å². The molecule has 0 bridgehead atoms. The number of rotatable bonds is 0. The van der Waals surface area contributed by atoms with Gasteiger partial charge >= 0.3 is 0 Å². The molecule has 0 unspecified atom stereocenters. The number of hydrogen-bond donors (Lipinski definition) is 0. The predicted octanol–water partition coefficient (Wildman–Crippen LogP) is 1.63. The van der Waals surface area contributed by atoms with Crippen LogP contribution < -0.4 is 0 Å². The van der Waals surface area contributed by atoms with Crippen LogP contribution >= 0.6 is 0 Å². The van der Waals surface area contributed by atoms with Crippen LogP contribution in [0.5, 0.6) is 0 Å². The molecule has 0 spiro atoms. The largest absolute Gasteiger partial charge is 0.244 e. The molecule has 0 N–H and O–H groups in total. The lowest BCUT2D eigenvalue weighted by Gasteiger charge is -1.90. The Morgan fingerprint density at radius 1 is 1.40 bits per heavy atom. The zero-order valence-electron chi connectivity index (χ0n) is 6.28. The van der Waals surface area contributed by atoms with Crippen LogP contribution in [0.4, 0.5) is 0 Å². The summed E-state index contributed by atoms with van der Waals surface area (Å²) in [6, 6.07) is 5.77. The van der Waals surface area contributed by atoms with Crippen molar-refractivity contribution in [1.82, 2.24) is 9.97 Å². The maximum absolute atomic E-state index is 7.32. The third-order valence-corrected chi connectivity index (χ3v) is 1.35. The van der Waals surface area contributed by atoms with Crippen LogP contribution in [-0.4, -0.2) is 9.97 Å². The third-order valence-electron chi connectivity index (χ3n) is 1.35. The number of benzene rings is 1. The van der Waals surface area contributed by atoms with Crippen molar-refractivity contribution in [1.29, 1.82) is 0 Å². The summed E-state index contributed by atoms with van der Waals surface area (Å²) in [5.41, 5.74) is 0.885. The highest BCUT2D eigenvalue weighted by molar-refractivity contribution is 5.76. The SMILES string of the molecule is [2H]c1ccc2ncncc2c1. The molecule has 0 fully saturated rings. The maximum Gasteiger partial charge on any atom is 0.116 e. The summed E-state index contributed by atoms with van der Waals surface area (Å²) in [6.45, 7) is 0. The quantitative estimate of drug-likeness (QED) is 0.543. The summed E-state index contributed by atoms with van der Waals surface area (Å²) in [7, 11) is 0. The molecule has 0 saturated carbocycles. The molecule has 2 aromatic rings. The van der Waals surface area contributed by atoms with E-state index in [0.29, 0.717) is 6.04 Å². The van der Waals surface area contributed by atoms with Gasteiger partial charge in [-0.1, -0.05) is 18.2 Å². The highest BCUT2D eigenvalue weighted by Gasteiger charge is 1.87. The average Bonchev–Trinajstić information content (AvgIpc) is 2.04. The number of aromatic nitrogens is 2. The van der Waals surface area contributed by atoms with Crippen molar-refractivity contribution in [2.45, 2.75) is 0 Å². The van der Waals surface area contributed by atoms with Gasteiger partial charge < -0.3 is 0 Å². The molecule has 2 rings (SSSR count). The van der Waals surface area contributed by atoms with Gasteiger partial charge in [-0.2, -0.15) is 0 Å². The number of nitrogens with zero attached hydrogens (tertiary/aromatic N) is 2. The van der Waals surface area contributed by atoms with Gasteiger partial charge in [-0.15, -0.1) is 0 Å². The van der Waals surface area contributed by atoms with E-state index < -0.39 is 0 Å². The summed E-state index contributed by atoms with van der Waals surface area (Å²) in [6.07, 6.45) is 3.21. The van der Waals surface area contributed by atoms with Gasteiger partial charge in [0.05, 0.1) is 6.89 Å². The fraction of sp³-hybridized carbons (Fsp3) is 0. The Hall–Kier alpha value is -1.44. The van der Waals surface area contributed by atoms with E-state index >= 15 is 0 Å². The fourth-order valence-electron chi connectivity index (χ4n) is 0.865. The number of para-hydroxylation sites is 1. The van der Waals surface area contributed by atoms with Crippen LogP contribution in [0.1, 0.15) is 1.37 Å². The molecule has 1 heterocycles. The third kappa shape index (κ3) is 0.739. The molecule has 1 aromatic heterocycles. The summed E-state index contributed by atoms with van der Waals surface area (Å²) in [5, 5.41) is 0.917. The predicted molar refractivity (Wildman–Crippen MR) is 39.5 cm³/mol. The molecule has 0 aliphatic rings. The van der Waals surface area contributed by atoms with Crippen LogP contribution in [-0.2, 0) is 0 Å². The molecule has 0 aliphatic carbocycles. The van der Waals surface area contributed by atoms with Crippen molar-refractivity contribution in [3.05, 3.63) is 36.8 Å². The zero-order chi connectivity index (χ0) is 7.68. The second kappa shape index (κ2) is 2.06. The molecule has 2 nitrogen and oxygen atoms in total. The molecule has 0 atom stereocenters. The molecular formula is C8H6N2. The van der Waals surface area contributed by atoms with E-state index in [9.17, 15) is 0 Å². The van der Waals surface area contributed by atoms with Gasteiger partial charge in [0.2, 0.25) is 0 Å². The number of fused-ring (bicyclic) bond motifs is 1. The van der Waals surface area contributed by atoms with Gasteiger partial charge in [0.25, 0.3) is 0 Å². The first-order chi connectivity index (χ1) is 5.36. The molecule has 10 heavy (non-hydrogen) atoms. The van der Waals surface area contributed by atoms with Gasteiger partial charge in [0.15, 0.2) is 0 Å². The van der Waals surface area contributed by atoms with Gasteiger partial charge in [0.1, 0.15) is 6.33 Å². The van der Waals surface area contributed by atoms with Crippen LogP contribution in [0, 0.1) is 0 Å². The van der Waals surface area contributed by atoms with Crippen molar-refractivity contribution in [3.63, 3.8) is 0 Å². The van der Waals surface area contributed by atoms with Gasteiger partial charge in [-0.3, -0.25) is 0 Å². The Balaban J connectivity index is 2.83. The normalized spacial score (nSPS) is 11.4. The van der Waals surface area contributed by atoms with E-state index in [1.54, 1.807) is 18.3 Å². The van der Waals surface area contributed by atoms with E-state index in [2.05, 4.69) is 9.97 Å². The van der Waals surface area contributed by atoms with Gasteiger partial charge in [0, 0.05) is 11.6 Å². The first kappa shape index (κ1) is 4.39. The molecule has 0 amide bonds. The van der Waals surface area contributed by atoms with E-state index in [-0.39, 0.29) is 0 Å². The summed E-state index contributed by atoms with van der Waals surface area (Å²) >= 11 is 0. The molecule has 1 aromatic carbocycles. The van der Waals surface area contributed by atoms with Crippen molar-refractivity contribution >= 4 is 10.9 Å². The lowest BCUT2D eigenvalue weighted by molar-refractivity contribution is 1.22. The van der Waals surface area contributed by atoms with Crippen LogP contribution in [0.3, 0.4) is 0 Å². The van der Waals surface area contributed by atoms with Crippen LogP contribution in [0.2, 0.25) is 0 Å². The smallest absolute Gasteiger partial charge is 0.116 e. The van der Waals surface area contributed by atoms with E-state index in [4.69, 9.17) is 1.37 Å². The average molecular weight is 131 g/mol. The van der Waals surface area contributed by atoms with Crippen molar-refractivity contribution in [2.24, 2.45) is 0 Å². The lowest BCUT2D eigenvalue weighted by atomic mass is 10.2. The standard InChI is InChI=1S/C8H6N2/c1-2-4-8-7(3-1)5-9-6-10-8/h1-6H/i1D. The topological polar surface area (TPSA) is 25.8 Å². The highest BCUT2D eigenvalue weighted by atomic mass is 14.8. The Morgan fingerprint density at radius 3 is 3.40 bits per heavy atom. The van der Waals surface area contributed by atoms with E-state index in [0.717, 1.165) is 10.9 Å². The monoisotopic (exact) mass is 131 g/mol. The minimum Gasteiger partial charge on any atom is -0.244 e. The highest BCUT2D eigenvalue weighted by Crippen LogP contribution is 2.06. The van der Waals surface area contributed by atoms with Crippen molar-refractivity contribution in [2.75, 3.05) is 0 Å². The molecule has 0 saturated heterocycles. The molecular weight excluding hydrogens is 124 g/mol. The summed E-state index contributed by atoms with van der Waals surface area (Å²) in [5.74, 6) is 0. The van der Waals surface area contributed by atoms with E-state index in [1.807, 2.05) is 6.07 Å². The van der Waals surface area contributed by atoms with Gasteiger partial charge in [-0.05, 0) is 6.07 Å². The molecule has 48 valence electrons. The Labute approximate surface area is 60.0 Å². The Morgan fingerprint density at radius 2 is 2.40 bits per heavy atom. The fourth-order valence-corrected chi connectivity index (χ4v) is 0.865. The molecule has 2 heteroatoms. The minimum atomic E-state index is 0.493. The Bertz CT molecular complexity index is 387. The summed E-state index contributed by atoms with van der Waals surface area (Å²) < 4.78 is 7.32. The lowest BCUT2D eigenvalue weighted by Crippen LogP contribution is -1.77. The Kier molecular flexibility index (Phi) is 0.905.